The quantitative estimate of drug-likeness (QED) is 0.200. The van der Waals surface area contributed by atoms with Gasteiger partial charge in [0.05, 0.1) is 29.9 Å². The summed E-state index contributed by atoms with van der Waals surface area (Å²) in [4.78, 5) is 26.9. The van der Waals surface area contributed by atoms with Crippen LogP contribution < -0.4 is 4.90 Å². The second-order valence-corrected chi connectivity index (χ2v) is 7.36. The first-order valence-corrected chi connectivity index (χ1v) is 10.6. The molecule has 0 saturated carbocycles. The van der Waals surface area contributed by atoms with E-state index in [0.29, 0.717) is 28.6 Å². The van der Waals surface area contributed by atoms with Gasteiger partial charge in [-0.05, 0) is 43.3 Å². The maximum atomic E-state index is 13.4. The summed E-state index contributed by atoms with van der Waals surface area (Å²) in [5, 5.41) is 13.5. The van der Waals surface area contributed by atoms with E-state index < -0.39 is 18.3 Å². The molecule has 34 heavy (non-hydrogen) atoms. The van der Waals surface area contributed by atoms with Gasteiger partial charge in [-0.2, -0.15) is 10.2 Å². The van der Waals surface area contributed by atoms with E-state index in [0.717, 1.165) is 5.69 Å². The summed E-state index contributed by atoms with van der Waals surface area (Å²) in [7, 11) is 1.25. The number of esters is 1. The molecule has 4 aromatic rings. The zero-order valence-electron chi connectivity index (χ0n) is 18.8. The number of nitrogens with zero attached hydrogens (tertiary/aromatic N) is 5. The smallest absolute Gasteiger partial charge is 0.315 e. The highest BCUT2D eigenvalue weighted by atomic mass is 16.5. The number of aromatic nitrogens is 2. The van der Waals surface area contributed by atoms with Gasteiger partial charge in [-0.25, -0.2) is 4.68 Å². The molecule has 0 N–H and O–H groups in total. The number of benzene rings is 3. The molecule has 8 heteroatoms. The molecule has 0 radical (unpaired) electrons. The van der Waals surface area contributed by atoms with Crippen LogP contribution in [0.2, 0.25) is 0 Å². The fourth-order valence-corrected chi connectivity index (χ4v) is 3.41. The standard InChI is InChI=1S/C26H23N5O3/c1-19-25(28-27-20-12-6-3-7-13-20)26(31(29-19)22-16-10-5-11-17-22)30(21-14-8-4-9-15-21)23(32)18-24(33)34-2/h3-17H,18H2,1-2H3. The molecule has 1 heterocycles. The molecule has 0 unspecified atom stereocenters. The lowest BCUT2D eigenvalue weighted by molar-refractivity contribution is -0.143. The summed E-state index contributed by atoms with van der Waals surface area (Å²) >= 11 is 0. The van der Waals surface area contributed by atoms with E-state index >= 15 is 0 Å². The minimum absolute atomic E-state index is 0.378. The van der Waals surface area contributed by atoms with Crippen molar-refractivity contribution in [3.05, 3.63) is 96.7 Å². The van der Waals surface area contributed by atoms with E-state index in [1.165, 1.54) is 12.0 Å². The van der Waals surface area contributed by atoms with Crippen LogP contribution in [0.4, 0.5) is 22.9 Å². The van der Waals surface area contributed by atoms with Crippen molar-refractivity contribution in [1.82, 2.24) is 9.78 Å². The zero-order valence-corrected chi connectivity index (χ0v) is 18.8. The predicted octanol–water partition coefficient (Wildman–Crippen LogP) is 5.82. The third-order valence-electron chi connectivity index (χ3n) is 5.03. The molecule has 0 atom stereocenters. The van der Waals surface area contributed by atoms with Crippen LogP contribution in [0.3, 0.4) is 0 Å². The normalized spacial score (nSPS) is 10.9. The summed E-state index contributed by atoms with van der Waals surface area (Å²) in [5.74, 6) is -0.740. The first-order chi connectivity index (χ1) is 16.6. The van der Waals surface area contributed by atoms with Crippen LogP contribution in [0.1, 0.15) is 12.1 Å². The molecular formula is C26H23N5O3. The van der Waals surface area contributed by atoms with Crippen molar-refractivity contribution in [3.8, 4) is 5.69 Å². The number of azo groups is 1. The van der Waals surface area contributed by atoms with Gasteiger partial charge in [-0.1, -0.05) is 54.6 Å². The Morgan fingerprint density at radius 2 is 1.47 bits per heavy atom. The molecule has 8 nitrogen and oxygen atoms in total. The highest BCUT2D eigenvalue weighted by Gasteiger charge is 2.29. The lowest BCUT2D eigenvalue weighted by atomic mass is 10.2. The summed E-state index contributed by atoms with van der Waals surface area (Å²) in [6, 6.07) is 27.7. The Kier molecular flexibility index (Phi) is 6.88. The fourth-order valence-electron chi connectivity index (χ4n) is 3.41. The molecule has 0 aliphatic heterocycles. The van der Waals surface area contributed by atoms with Crippen molar-refractivity contribution in [1.29, 1.82) is 0 Å². The Labute approximate surface area is 197 Å². The summed E-state index contributed by atoms with van der Waals surface area (Å²) < 4.78 is 6.38. The predicted molar refractivity (Wildman–Crippen MR) is 129 cm³/mol. The van der Waals surface area contributed by atoms with Gasteiger partial charge in [0.1, 0.15) is 6.42 Å². The second kappa shape index (κ2) is 10.4. The molecule has 0 aliphatic rings. The fraction of sp³-hybridized carbons (Fsp3) is 0.115. The Bertz CT molecular complexity index is 1300. The summed E-state index contributed by atoms with van der Waals surface area (Å²) in [6.45, 7) is 1.80. The van der Waals surface area contributed by atoms with Crippen molar-refractivity contribution in [2.24, 2.45) is 10.2 Å². The number of aryl methyl sites for hydroxylation is 1. The molecule has 1 amide bonds. The van der Waals surface area contributed by atoms with Crippen molar-refractivity contribution in [2.75, 3.05) is 12.0 Å². The second-order valence-electron chi connectivity index (χ2n) is 7.36. The summed E-state index contributed by atoms with van der Waals surface area (Å²) in [6.07, 6.45) is -0.445. The molecule has 3 aromatic carbocycles. The van der Waals surface area contributed by atoms with Gasteiger partial charge in [0.2, 0.25) is 5.91 Å². The molecule has 170 valence electrons. The Morgan fingerprint density at radius 1 is 0.882 bits per heavy atom. The molecule has 0 spiro atoms. The maximum Gasteiger partial charge on any atom is 0.315 e. The first-order valence-electron chi connectivity index (χ1n) is 10.6. The molecule has 1 aromatic heterocycles. The molecule has 0 fully saturated rings. The zero-order chi connectivity index (χ0) is 23.9. The number of hydrogen-bond acceptors (Lipinski definition) is 6. The van der Waals surface area contributed by atoms with E-state index in [1.807, 2.05) is 78.9 Å². The Balaban J connectivity index is 1.93. The largest absolute Gasteiger partial charge is 0.469 e. The van der Waals surface area contributed by atoms with Gasteiger partial charge in [0, 0.05) is 0 Å². The van der Waals surface area contributed by atoms with E-state index in [4.69, 9.17) is 4.74 Å². The van der Waals surface area contributed by atoms with Crippen molar-refractivity contribution < 1.29 is 14.3 Å². The third-order valence-corrected chi connectivity index (χ3v) is 5.03. The van der Waals surface area contributed by atoms with Crippen LogP contribution in [0.25, 0.3) is 5.69 Å². The number of methoxy groups -OCH3 is 1. The van der Waals surface area contributed by atoms with Crippen molar-refractivity contribution >= 4 is 34.8 Å². The van der Waals surface area contributed by atoms with Crippen LogP contribution in [-0.4, -0.2) is 28.8 Å². The van der Waals surface area contributed by atoms with Crippen molar-refractivity contribution in [2.45, 2.75) is 13.3 Å². The van der Waals surface area contributed by atoms with Gasteiger partial charge in [-0.3, -0.25) is 14.5 Å². The number of para-hydroxylation sites is 2. The number of rotatable bonds is 7. The molecule has 0 saturated heterocycles. The van der Waals surface area contributed by atoms with Gasteiger partial charge in [-0.15, -0.1) is 5.11 Å². The summed E-state index contributed by atoms with van der Waals surface area (Å²) in [5.41, 5.74) is 2.94. The number of ether oxygens (including phenoxy) is 1. The topological polar surface area (TPSA) is 89.2 Å². The molecule has 0 bridgehead atoms. The van der Waals surface area contributed by atoms with Crippen LogP contribution in [0, 0.1) is 6.92 Å². The SMILES string of the molecule is COC(=O)CC(=O)N(c1ccccc1)c1c(N=Nc2ccccc2)c(C)nn1-c1ccccc1. The first kappa shape index (κ1) is 22.6. The van der Waals surface area contributed by atoms with E-state index in [1.54, 1.807) is 23.7 Å². The minimum Gasteiger partial charge on any atom is -0.469 e. The number of carbonyl (C=O) groups excluding carboxylic acids is 2. The lowest BCUT2D eigenvalue weighted by Crippen LogP contribution is -2.30. The van der Waals surface area contributed by atoms with Crippen LogP contribution in [0.5, 0.6) is 0 Å². The third kappa shape index (κ3) is 4.91. The highest BCUT2D eigenvalue weighted by molar-refractivity contribution is 6.09. The Hall–Kier alpha value is -4.59. The number of amides is 1. The van der Waals surface area contributed by atoms with Crippen LogP contribution in [0.15, 0.2) is 101 Å². The highest BCUT2D eigenvalue weighted by Crippen LogP contribution is 2.39. The van der Waals surface area contributed by atoms with E-state index in [-0.39, 0.29) is 0 Å². The van der Waals surface area contributed by atoms with Crippen molar-refractivity contribution in [3.63, 3.8) is 0 Å². The van der Waals surface area contributed by atoms with Gasteiger partial charge < -0.3 is 4.74 Å². The van der Waals surface area contributed by atoms with Crippen LogP contribution >= 0.6 is 0 Å². The van der Waals surface area contributed by atoms with Crippen LogP contribution in [-0.2, 0) is 14.3 Å². The number of hydrogen-bond donors (Lipinski definition) is 0. The molecular weight excluding hydrogens is 430 g/mol. The maximum absolute atomic E-state index is 13.4. The monoisotopic (exact) mass is 453 g/mol. The van der Waals surface area contributed by atoms with Gasteiger partial charge in [0.15, 0.2) is 11.5 Å². The lowest BCUT2D eigenvalue weighted by Gasteiger charge is -2.24. The average Bonchev–Trinajstić information content (AvgIpc) is 3.20. The number of carbonyl (C=O) groups is 2. The van der Waals surface area contributed by atoms with E-state index in [2.05, 4.69) is 15.3 Å². The molecule has 0 aliphatic carbocycles. The molecule has 4 rings (SSSR count). The number of anilines is 2. The van der Waals surface area contributed by atoms with E-state index in [9.17, 15) is 9.59 Å². The van der Waals surface area contributed by atoms with Gasteiger partial charge in [0.25, 0.3) is 0 Å². The Morgan fingerprint density at radius 3 is 2.09 bits per heavy atom. The van der Waals surface area contributed by atoms with Gasteiger partial charge >= 0.3 is 5.97 Å². The average molecular weight is 454 g/mol. The minimum atomic E-state index is -0.638.